The lowest BCUT2D eigenvalue weighted by atomic mass is 10.1. The summed E-state index contributed by atoms with van der Waals surface area (Å²) < 4.78 is 16.3. The summed E-state index contributed by atoms with van der Waals surface area (Å²) in [5, 5.41) is 0.193. The molecule has 0 unspecified atom stereocenters. The molecular formula is C12H13N7O4P+. The predicted molar refractivity (Wildman–Crippen MR) is 84.8 cm³/mol. The van der Waals surface area contributed by atoms with Crippen molar-refractivity contribution in [2.45, 2.75) is 0 Å². The third kappa shape index (κ3) is 2.91. The molecule has 3 rings (SSSR count). The van der Waals surface area contributed by atoms with Crippen molar-refractivity contribution >= 4 is 36.6 Å². The minimum absolute atomic E-state index is 0.0353. The second-order valence-electron chi connectivity index (χ2n) is 4.72. The molecule has 0 fully saturated rings. The van der Waals surface area contributed by atoms with E-state index in [-0.39, 0.29) is 22.8 Å². The Morgan fingerprint density at radius 3 is 2.33 bits per heavy atom. The maximum atomic E-state index is 11.2. The fraction of sp³-hybridized carbons (Fsp3) is 0. The highest BCUT2D eigenvalue weighted by atomic mass is 31.2. The molecule has 1 aromatic carbocycles. The SMILES string of the molecule is Nc1nc(-c2ccccc2)c2c(N)nc(N)[n+](OP(=O)(O)O)c2n1. The molecule has 0 radical (unpaired) electrons. The Kier molecular flexibility index (Phi) is 3.68. The van der Waals surface area contributed by atoms with Crippen LogP contribution < -0.4 is 26.6 Å². The Morgan fingerprint density at radius 2 is 1.71 bits per heavy atom. The van der Waals surface area contributed by atoms with Crippen LogP contribution in [-0.4, -0.2) is 24.7 Å². The number of benzene rings is 1. The minimum atomic E-state index is -4.94. The zero-order chi connectivity index (χ0) is 17.5. The molecule has 0 saturated carbocycles. The molecule has 0 aliphatic rings. The molecule has 0 bridgehead atoms. The number of aromatic nitrogens is 4. The second-order valence-corrected chi connectivity index (χ2v) is 5.86. The third-order valence-corrected chi connectivity index (χ3v) is 3.41. The van der Waals surface area contributed by atoms with E-state index in [1.165, 1.54) is 0 Å². The lowest BCUT2D eigenvalue weighted by Gasteiger charge is -2.11. The van der Waals surface area contributed by atoms with Crippen LogP contribution in [-0.2, 0) is 4.57 Å². The molecular weight excluding hydrogens is 337 g/mol. The number of nitrogens with zero attached hydrogens (tertiary/aromatic N) is 4. The summed E-state index contributed by atoms with van der Waals surface area (Å²) in [7, 11) is -4.94. The van der Waals surface area contributed by atoms with Crippen LogP contribution in [0.2, 0.25) is 0 Å². The van der Waals surface area contributed by atoms with E-state index >= 15 is 0 Å². The first-order valence-electron chi connectivity index (χ1n) is 6.51. The van der Waals surface area contributed by atoms with Gasteiger partial charge in [-0.05, 0) is 4.73 Å². The van der Waals surface area contributed by atoms with E-state index in [1.807, 2.05) is 6.07 Å². The maximum absolute atomic E-state index is 11.2. The average molecular weight is 350 g/mol. The van der Waals surface area contributed by atoms with Gasteiger partial charge in [-0.15, -0.1) is 0 Å². The van der Waals surface area contributed by atoms with Crippen LogP contribution in [0.3, 0.4) is 0 Å². The first-order chi connectivity index (χ1) is 11.3. The normalized spacial score (nSPS) is 11.6. The molecule has 0 amide bonds. The van der Waals surface area contributed by atoms with Crippen LogP contribution >= 0.6 is 7.82 Å². The maximum Gasteiger partial charge on any atom is 0.552 e. The Morgan fingerprint density at radius 1 is 1.04 bits per heavy atom. The second kappa shape index (κ2) is 5.57. The van der Waals surface area contributed by atoms with Gasteiger partial charge in [-0.3, -0.25) is 14.4 Å². The largest absolute Gasteiger partial charge is 0.552 e. The Labute approximate surface area is 134 Å². The zero-order valence-electron chi connectivity index (χ0n) is 12.1. The van der Waals surface area contributed by atoms with Gasteiger partial charge in [0.15, 0.2) is 0 Å². The summed E-state index contributed by atoms with van der Waals surface area (Å²) in [6.45, 7) is 0. The van der Waals surface area contributed by atoms with Gasteiger partial charge in [-0.1, -0.05) is 40.3 Å². The summed E-state index contributed by atoms with van der Waals surface area (Å²) in [6.07, 6.45) is 0. The molecule has 12 heteroatoms. The summed E-state index contributed by atoms with van der Waals surface area (Å²) in [5.74, 6) is -0.596. The Bertz CT molecular complexity index is 976. The van der Waals surface area contributed by atoms with Gasteiger partial charge in [0.1, 0.15) is 5.39 Å². The number of phosphoric acid groups is 1. The number of rotatable bonds is 3. The smallest absolute Gasteiger partial charge is 0.373 e. The number of fused-ring (bicyclic) bond motifs is 1. The fourth-order valence-electron chi connectivity index (χ4n) is 2.17. The van der Waals surface area contributed by atoms with Gasteiger partial charge in [0.05, 0.1) is 5.69 Å². The first-order valence-corrected chi connectivity index (χ1v) is 8.04. The van der Waals surface area contributed by atoms with Crippen LogP contribution in [0.5, 0.6) is 0 Å². The van der Waals surface area contributed by atoms with Gasteiger partial charge in [0.2, 0.25) is 5.82 Å². The third-order valence-electron chi connectivity index (χ3n) is 3.03. The van der Waals surface area contributed by atoms with E-state index in [9.17, 15) is 4.57 Å². The van der Waals surface area contributed by atoms with Crippen molar-refractivity contribution in [1.29, 1.82) is 0 Å². The van der Waals surface area contributed by atoms with Gasteiger partial charge >= 0.3 is 13.8 Å². The highest BCUT2D eigenvalue weighted by Gasteiger charge is 2.29. The van der Waals surface area contributed by atoms with Gasteiger partial charge in [-0.25, -0.2) is 9.55 Å². The van der Waals surface area contributed by atoms with Crippen molar-refractivity contribution in [3.8, 4) is 11.3 Å². The molecule has 0 spiro atoms. The van der Waals surface area contributed by atoms with E-state index < -0.39 is 13.8 Å². The molecule has 11 nitrogen and oxygen atoms in total. The van der Waals surface area contributed by atoms with Crippen molar-refractivity contribution < 1.29 is 23.7 Å². The number of anilines is 3. The van der Waals surface area contributed by atoms with Crippen LogP contribution in [0, 0.1) is 0 Å². The van der Waals surface area contributed by atoms with E-state index in [0.717, 1.165) is 0 Å². The quantitative estimate of drug-likeness (QED) is 0.297. The standard InChI is InChI=1S/C12H12N7O4P/c13-9-7-8(6-4-2-1-3-5-6)16-11(14)18-10(7)19(12(15)17-9)23-24(20,21)22/h1-5H,(H7,13,14,15,16,17,18,20,21,22)/p+1. The predicted octanol–water partition coefficient (Wildman–Crippen LogP) is -0.753. The monoisotopic (exact) mass is 350 g/mol. The van der Waals surface area contributed by atoms with Crippen molar-refractivity contribution in [1.82, 2.24) is 15.0 Å². The summed E-state index contributed by atoms with van der Waals surface area (Å²) in [6, 6.07) is 8.88. The van der Waals surface area contributed by atoms with E-state index in [2.05, 4.69) is 19.6 Å². The number of hydrogen-bond donors (Lipinski definition) is 5. The van der Waals surface area contributed by atoms with E-state index in [4.69, 9.17) is 27.0 Å². The first kappa shape index (κ1) is 15.9. The van der Waals surface area contributed by atoms with Gasteiger partial charge in [0.25, 0.3) is 11.6 Å². The average Bonchev–Trinajstić information content (AvgIpc) is 2.50. The van der Waals surface area contributed by atoms with Gasteiger partial charge in [0, 0.05) is 5.56 Å². The van der Waals surface area contributed by atoms with Crippen molar-refractivity contribution in [3.63, 3.8) is 0 Å². The topological polar surface area (TPSA) is 187 Å². The fourth-order valence-corrected chi connectivity index (χ4v) is 2.55. The van der Waals surface area contributed by atoms with Crippen LogP contribution in [0.15, 0.2) is 30.3 Å². The van der Waals surface area contributed by atoms with E-state index in [1.54, 1.807) is 24.3 Å². The number of nitrogen functional groups attached to an aromatic ring is 3. The molecule has 3 aromatic rings. The summed E-state index contributed by atoms with van der Waals surface area (Å²) in [5.41, 5.74) is 18.1. The van der Waals surface area contributed by atoms with Crippen LogP contribution in [0.1, 0.15) is 0 Å². The highest BCUT2D eigenvalue weighted by molar-refractivity contribution is 7.46. The van der Waals surface area contributed by atoms with E-state index in [0.29, 0.717) is 16.0 Å². The van der Waals surface area contributed by atoms with Crippen molar-refractivity contribution in [2.24, 2.45) is 0 Å². The molecule has 0 aliphatic heterocycles. The highest BCUT2D eigenvalue weighted by Crippen LogP contribution is 2.32. The minimum Gasteiger partial charge on any atom is -0.373 e. The molecule has 0 saturated heterocycles. The zero-order valence-corrected chi connectivity index (χ0v) is 13.0. The lowest BCUT2D eigenvalue weighted by Crippen LogP contribution is -2.46. The summed E-state index contributed by atoms with van der Waals surface area (Å²) >= 11 is 0. The van der Waals surface area contributed by atoms with Crippen LogP contribution in [0.4, 0.5) is 17.7 Å². The van der Waals surface area contributed by atoms with Crippen molar-refractivity contribution in [2.75, 3.05) is 17.2 Å². The Hall–Kier alpha value is -3.01. The van der Waals surface area contributed by atoms with Crippen LogP contribution in [0.25, 0.3) is 22.3 Å². The number of nitrogens with two attached hydrogens (primary N) is 3. The molecule has 8 N–H and O–H groups in total. The molecule has 124 valence electrons. The van der Waals surface area contributed by atoms with Gasteiger partial charge in [-0.2, -0.15) is 0 Å². The molecule has 0 aliphatic carbocycles. The number of hydrogen-bond acceptors (Lipinski definition) is 8. The Balaban J connectivity index is 2.41. The molecule has 2 heterocycles. The summed E-state index contributed by atoms with van der Waals surface area (Å²) in [4.78, 5) is 30.0. The molecule has 2 aromatic heterocycles. The van der Waals surface area contributed by atoms with Gasteiger partial charge < -0.3 is 17.2 Å². The molecule has 24 heavy (non-hydrogen) atoms. The van der Waals surface area contributed by atoms with Crippen molar-refractivity contribution in [3.05, 3.63) is 30.3 Å². The molecule has 0 atom stereocenters. The lowest BCUT2D eigenvalue weighted by molar-refractivity contribution is -0.830.